The van der Waals surface area contributed by atoms with E-state index >= 15 is 0 Å². The predicted molar refractivity (Wildman–Crippen MR) is 155 cm³/mol. The molecule has 0 aromatic heterocycles. The van der Waals surface area contributed by atoms with Crippen LogP contribution in [0.15, 0.2) is 84.9 Å². The lowest BCUT2D eigenvalue weighted by Crippen LogP contribution is -2.45. The Morgan fingerprint density at radius 1 is 0.875 bits per heavy atom. The molecule has 40 heavy (non-hydrogen) atoms. The minimum atomic E-state index is -1.82. The SMILES string of the molecule is CC(C)(c1ccccc1)c1ccc(OCC(O)CNC2CCN(Cc3ccccc3)CC2)cc1.O=C(O)C(=O)O. The number of nitrogens with one attached hydrogen (secondary N) is 1. The van der Waals surface area contributed by atoms with Crippen LogP contribution in [0.4, 0.5) is 0 Å². The van der Waals surface area contributed by atoms with Gasteiger partial charge in [-0.25, -0.2) is 9.59 Å². The van der Waals surface area contributed by atoms with Crippen molar-refractivity contribution in [1.29, 1.82) is 0 Å². The summed E-state index contributed by atoms with van der Waals surface area (Å²) >= 11 is 0. The van der Waals surface area contributed by atoms with Gasteiger partial charge >= 0.3 is 11.9 Å². The molecule has 8 nitrogen and oxygen atoms in total. The molecule has 1 aliphatic heterocycles. The Morgan fingerprint density at radius 2 is 1.40 bits per heavy atom. The molecule has 1 aliphatic rings. The zero-order valence-corrected chi connectivity index (χ0v) is 23.2. The molecule has 1 heterocycles. The zero-order valence-electron chi connectivity index (χ0n) is 23.2. The van der Waals surface area contributed by atoms with Gasteiger partial charge in [0.25, 0.3) is 0 Å². The molecule has 0 bridgehead atoms. The van der Waals surface area contributed by atoms with Gasteiger partial charge in [0.05, 0.1) is 0 Å². The average Bonchev–Trinajstić information content (AvgIpc) is 2.97. The molecular formula is C32H40N2O6. The fourth-order valence-corrected chi connectivity index (χ4v) is 4.68. The first-order valence-corrected chi connectivity index (χ1v) is 13.6. The number of carbonyl (C=O) groups is 2. The van der Waals surface area contributed by atoms with Gasteiger partial charge in [-0.1, -0.05) is 86.6 Å². The molecule has 1 unspecified atom stereocenters. The third kappa shape index (κ3) is 9.79. The first-order valence-electron chi connectivity index (χ1n) is 13.6. The summed E-state index contributed by atoms with van der Waals surface area (Å²) in [5.41, 5.74) is 3.83. The molecular weight excluding hydrogens is 508 g/mol. The second-order valence-corrected chi connectivity index (χ2v) is 10.5. The van der Waals surface area contributed by atoms with Crippen LogP contribution in [-0.2, 0) is 21.5 Å². The molecule has 8 heteroatoms. The Morgan fingerprint density at radius 3 is 1.95 bits per heavy atom. The van der Waals surface area contributed by atoms with Crippen molar-refractivity contribution in [2.45, 2.75) is 50.8 Å². The molecule has 214 valence electrons. The van der Waals surface area contributed by atoms with Crippen LogP contribution in [0, 0.1) is 0 Å². The van der Waals surface area contributed by atoms with Gasteiger partial charge in [-0.15, -0.1) is 0 Å². The number of aliphatic carboxylic acids is 2. The van der Waals surface area contributed by atoms with Crippen LogP contribution in [0.25, 0.3) is 0 Å². The van der Waals surface area contributed by atoms with Gasteiger partial charge in [0.1, 0.15) is 18.5 Å². The van der Waals surface area contributed by atoms with E-state index < -0.39 is 18.0 Å². The molecule has 1 fully saturated rings. The van der Waals surface area contributed by atoms with Gasteiger partial charge in [0, 0.05) is 24.5 Å². The minimum Gasteiger partial charge on any atom is -0.491 e. The number of nitrogens with zero attached hydrogens (tertiary/aromatic N) is 1. The number of carboxylic acid groups (broad SMARTS) is 2. The molecule has 0 radical (unpaired) electrons. The van der Waals surface area contributed by atoms with Crippen LogP contribution in [0.3, 0.4) is 0 Å². The van der Waals surface area contributed by atoms with Crippen molar-refractivity contribution in [2.75, 3.05) is 26.2 Å². The number of carboxylic acids is 2. The van der Waals surface area contributed by atoms with Gasteiger partial charge in [0.15, 0.2) is 0 Å². The van der Waals surface area contributed by atoms with Crippen LogP contribution in [0.5, 0.6) is 5.75 Å². The summed E-state index contributed by atoms with van der Waals surface area (Å²) in [7, 11) is 0. The highest BCUT2D eigenvalue weighted by Crippen LogP contribution is 2.32. The quantitative estimate of drug-likeness (QED) is 0.279. The van der Waals surface area contributed by atoms with E-state index in [-0.39, 0.29) is 5.41 Å². The van der Waals surface area contributed by atoms with Crippen molar-refractivity contribution in [2.24, 2.45) is 0 Å². The lowest BCUT2D eigenvalue weighted by Gasteiger charge is -2.33. The standard InChI is InChI=1S/C30H38N2O2.C2H2O4/c1-30(2,25-11-7-4-8-12-25)26-13-15-29(16-14-26)34-23-28(33)21-31-27-17-19-32(20-18-27)22-24-9-5-3-6-10-24;3-1(4)2(5)6/h3-16,27-28,31,33H,17-23H2,1-2H3;(H,3,4)(H,5,6). The number of benzene rings is 3. The van der Waals surface area contributed by atoms with Crippen LogP contribution in [0.1, 0.15) is 43.4 Å². The lowest BCUT2D eigenvalue weighted by atomic mass is 9.78. The molecule has 0 spiro atoms. The molecule has 1 saturated heterocycles. The lowest BCUT2D eigenvalue weighted by molar-refractivity contribution is -0.159. The number of aliphatic hydroxyl groups excluding tert-OH is 1. The van der Waals surface area contributed by atoms with E-state index in [4.69, 9.17) is 24.5 Å². The van der Waals surface area contributed by atoms with Crippen molar-refractivity contribution in [1.82, 2.24) is 10.2 Å². The highest BCUT2D eigenvalue weighted by Gasteiger charge is 2.23. The van der Waals surface area contributed by atoms with E-state index in [1.165, 1.54) is 16.7 Å². The summed E-state index contributed by atoms with van der Waals surface area (Å²) in [6.07, 6.45) is 1.70. The molecule has 0 aliphatic carbocycles. The number of piperidine rings is 1. The van der Waals surface area contributed by atoms with Crippen molar-refractivity contribution in [3.63, 3.8) is 0 Å². The Labute approximate surface area is 236 Å². The summed E-state index contributed by atoms with van der Waals surface area (Å²) in [5, 5.41) is 28.7. The Balaban J connectivity index is 0.000000663. The molecule has 0 amide bonds. The Hall–Kier alpha value is -3.72. The van der Waals surface area contributed by atoms with E-state index in [0.29, 0.717) is 19.2 Å². The van der Waals surface area contributed by atoms with Crippen molar-refractivity contribution in [3.8, 4) is 5.75 Å². The second-order valence-electron chi connectivity index (χ2n) is 10.5. The topological polar surface area (TPSA) is 119 Å². The van der Waals surface area contributed by atoms with Crippen LogP contribution < -0.4 is 10.1 Å². The first-order chi connectivity index (χ1) is 19.1. The summed E-state index contributed by atoms with van der Waals surface area (Å²) in [5.74, 6) is -2.86. The molecule has 4 N–H and O–H groups in total. The van der Waals surface area contributed by atoms with E-state index in [2.05, 4.69) is 90.8 Å². The molecule has 1 atom stereocenters. The fraction of sp³-hybridized carbons (Fsp3) is 0.375. The Bertz CT molecular complexity index is 1170. The highest BCUT2D eigenvalue weighted by molar-refractivity contribution is 6.27. The average molecular weight is 549 g/mol. The number of hydrogen-bond donors (Lipinski definition) is 4. The summed E-state index contributed by atoms with van der Waals surface area (Å²) in [6, 6.07) is 29.9. The van der Waals surface area contributed by atoms with Gasteiger partial charge in [-0.3, -0.25) is 4.90 Å². The Kier molecular flexibility index (Phi) is 11.7. The smallest absolute Gasteiger partial charge is 0.414 e. The second kappa shape index (κ2) is 15.2. The maximum atomic E-state index is 10.4. The van der Waals surface area contributed by atoms with Crippen molar-refractivity contribution < 1.29 is 29.6 Å². The molecule has 3 aromatic carbocycles. The van der Waals surface area contributed by atoms with Gasteiger partial charge in [0.2, 0.25) is 0 Å². The van der Waals surface area contributed by atoms with E-state index in [9.17, 15) is 5.11 Å². The third-order valence-electron chi connectivity index (χ3n) is 7.18. The zero-order chi connectivity index (χ0) is 29.0. The molecule has 0 saturated carbocycles. The monoisotopic (exact) mass is 548 g/mol. The maximum absolute atomic E-state index is 10.4. The predicted octanol–water partition coefficient (Wildman–Crippen LogP) is 4.16. The number of likely N-dealkylation sites (tertiary alicyclic amines) is 1. The minimum absolute atomic E-state index is 0.0695. The van der Waals surface area contributed by atoms with Crippen LogP contribution in [-0.4, -0.2) is 70.5 Å². The van der Waals surface area contributed by atoms with Crippen LogP contribution in [0.2, 0.25) is 0 Å². The number of ether oxygens (including phenoxy) is 1. The van der Waals surface area contributed by atoms with Crippen LogP contribution >= 0.6 is 0 Å². The fourth-order valence-electron chi connectivity index (χ4n) is 4.68. The summed E-state index contributed by atoms with van der Waals surface area (Å²) < 4.78 is 5.87. The molecule has 4 rings (SSSR count). The first kappa shape index (κ1) is 30.8. The third-order valence-corrected chi connectivity index (χ3v) is 7.18. The van der Waals surface area contributed by atoms with E-state index in [1.54, 1.807) is 0 Å². The van der Waals surface area contributed by atoms with E-state index in [0.717, 1.165) is 38.2 Å². The maximum Gasteiger partial charge on any atom is 0.414 e. The summed E-state index contributed by atoms with van der Waals surface area (Å²) in [4.78, 5) is 20.7. The summed E-state index contributed by atoms with van der Waals surface area (Å²) in [6.45, 7) is 8.52. The normalized spacial score (nSPS) is 15.0. The van der Waals surface area contributed by atoms with Crippen molar-refractivity contribution in [3.05, 3.63) is 102 Å². The molecule has 3 aromatic rings. The number of rotatable bonds is 10. The van der Waals surface area contributed by atoms with Crippen molar-refractivity contribution >= 4 is 11.9 Å². The highest BCUT2D eigenvalue weighted by atomic mass is 16.5. The van der Waals surface area contributed by atoms with Gasteiger partial charge in [-0.2, -0.15) is 0 Å². The van der Waals surface area contributed by atoms with Gasteiger partial charge in [-0.05, 0) is 54.8 Å². The van der Waals surface area contributed by atoms with E-state index in [1.807, 2.05) is 18.2 Å². The van der Waals surface area contributed by atoms with Gasteiger partial charge < -0.3 is 25.4 Å². The largest absolute Gasteiger partial charge is 0.491 e. The number of hydrogen-bond acceptors (Lipinski definition) is 6. The number of aliphatic hydroxyl groups is 1.